The molecule has 0 saturated carbocycles. The first kappa shape index (κ1) is 16.4. The van der Waals surface area contributed by atoms with Gasteiger partial charge in [0.15, 0.2) is 0 Å². The maximum Gasteiger partial charge on any atom is 0.340 e. The Morgan fingerprint density at radius 1 is 1.31 bits per heavy atom. The van der Waals surface area contributed by atoms with Crippen molar-refractivity contribution in [2.24, 2.45) is 11.0 Å². The third-order valence-corrected chi connectivity index (χ3v) is 4.64. The molecule has 26 heavy (non-hydrogen) atoms. The Hall–Kier alpha value is -3.09. The fourth-order valence-electron chi connectivity index (χ4n) is 3.45. The van der Waals surface area contributed by atoms with Crippen LogP contribution < -0.4 is 4.74 Å². The van der Waals surface area contributed by atoms with E-state index < -0.39 is 6.04 Å². The molecule has 7 heteroatoms. The van der Waals surface area contributed by atoms with Crippen LogP contribution in [0.2, 0.25) is 0 Å². The maximum atomic E-state index is 13.8. The molecule has 134 valence electrons. The number of ether oxygens (including phenoxy) is 1. The maximum absolute atomic E-state index is 13.8. The average molecular weight is 355 g/mol. The molecule has 0 unspecified atom stereocenters. The van der Waals surface area contributed by atoms with Gasteiger partial charge >= 0.3 is 6.03 Å². The molecule has 2 aromatic carbocycles. The van der Waals surface area contributed by atoms with Gasteiger partial charge in [-0.15, -0.1) is 0 Å². The van der Waals surface area contributed by atoms with E-state index in [0.29, 0.717) is 23.6 Å². The first-order valence-corrected chi connectivity index (χ1v) is 8.26. The zero-order valence-electron chi connectivity index (χ0n) is 14.4. The van der Waals surface area contributed by atoms with Crippen LogP contribution in [0.1, 0.15) is 17.2 Å². The number of hydrogen-bond acceptors (Lipinski definition) is 4. The van der Waals surface area contributed by atoms with E-state index in [9.17, 15) is 14.3 Å². The monoisotopic (exact) mass is 355 g/mol. The fraction of sp³-hybridized carbons (Fsp3) is 0.263. The number of urea groups is 1. The van der Waals surface area contributed by atoms with Gasteiger partial charge in [0.25, 0.3) is 0 Å². The average Bonchev–Trinajstić information content (AvgIpc) is 3.00. The summed E-state index contributed by atoms with van der Waals surface area (Å²) in [5.74, 6) is 0.0172. The van der Waals surface area contributed by atoms with Crippen molar-refractivity contribution in [2.45, 2.75) is 6.04 Å². The molecule has 0 bridgehead atoms. The largest absolute Gasteiger partial charge is 0.508 e. The minimum absolute atomic E-state index is 0.108. The Labute approximate surface area is 150 Å². The summed E-state index contributed by atoms with van der Waals surface area (Å²) < 4.78 is 19.6. The number of rotatable bonds is 1. The predicted octanol–water partition coefficient (Wildman–Crippen LogP) is 2.98. The Morgan fingerprint density at radius 2 is 2.12 bits per heavy atom. The van der Waals surface area contributed by atoms with Gasteiger partial charge in [-0.25, -0.2) is 14.2 Å². The zero-order valence-corrected chi connectivity index (χ0v) is 14.4. The third-order valence-electron chi connectivity index (χ3n) is 4.64. The van der Waals surface area contributed by atoms with E-state index in [1.54, 1.807) is 38.4 Å². The van der Waals surface area contributed by atoms with Crippen molar-refractivity contribution in [1.82, 2.24) is 9.91 Å². The topological polar surface area (TPSA) is 65.4 Å². The normalized spacial score (nSPS) is 20.7. The number of hydrazone groups is 1. The number of carbonyl (C=O) groups excluding carboxylic acids is 1. The van der Waals surface area contributed by atoms with Gasteiger partial charge in [0.2, 0.25) is 0 Å². The number of fused-ring (bicyclic) bond motifs is 3. The second-order valence-corrected chi connectivity index (χ2v) is 6.60. The lowest BCUT2D eigenvalue weighted by atomic mass is 9.86. The highest BCUT2D eigenvalue weighted by Crippen LogP contribution is 2.43. The van der Waals surface area contributed by atoms with E-state index in [-0.39, 0.29) is 23.5 Å². The lowest BCUT2D eigenvalue weighted by Crippen LogP contribution is -2.39. The molecule has 2 amide bonds. The number of phenolic OH excluding ortho intramolecular Hbond substituents is 1. The predicted molar refractivity (Wildman–Crippen MR) is 93.7 cm³/mol. The van der Waals surface area contributed by atoms with E-state index >= 15 is 0 Å². The first-order valence-electron chi connectivity index (χ1n) is 8.26. The summed E-state index contributed by atoms with van der Waals surface area (Å²) in [5.41, 5.74) is 1.92. The number of hydrogen-bond donors (Lipinski definition) is 1. The molecule has 4 rings (SSSR count). The van der Waals surface area contributed by atoms with Crippen LogP contribution in [-0.4, -0.2) is 47.5 Å². The van der Waals surface area contributed by atoms with Crippen LogP contribution in [0.4, 0.5) is 9.18 Å². The SMILES string of the molecule is CN(C)C(=O)N1N=C2c3cc(F)ccc3OC[C@H]2[C@@H]1c1cccc(O)c1. The van der Waals surface area contributed by atoms with E-state index in [1.807, 2.05) is 6.07 Å². The van der Waals surface area contributed by atoms with Crippen LogP contribution in [0.5, 0.6) is 11.5 Å². The standard InChI is InChI=1S/C19H18FN3O3/c1-22(2)19(25)23-18(11-4-3-5-13(24)8-11)15-10-26-16-7-6-12(20)9-14(16)17(15)21-23/h3-9,15,18,24H,10H2,1-2H3/t15-,18+/m1/s1. The van der Waals surface area contributed by atoms with Gasteiger partial charge in [-0.1, -0.05) is 12.1 Å². The van der Waals surface area contributed by atoms with E-state index in [4.69, 9.17) is 4.74 Å². The minimum atomic E-state index is -0.441. The lowest BCUT2D eigenvalue weighted by Gasteiger charge is -2.30. The number of carbonyl (C=O) groups is 1. The third kappa shape index (κ3) is 2.56. The molecule has 0 fully saturated rings. The van der Waals surface area contributed by atoms with Gasteiger partial charge in [-0.3, -0.25) is 0 Å². The van der Waals surface area contributed by atoms with Crippen LogP contribution in [0.3, 0.4) is 0 Å². The van der Waals surface area contributed by atoms with E-state index in [2.05, 4.69) is 5.10 Å². The first-order chi connectivity index (χ1) is 12.5. The van der Waals surface area contributed by atoms with Crippen LogP contribution in [-0.2, 0) is 0 Å². The summed E-state index contributed by atoms with van der Waals surface area (Å²) >= 11 is 0. The molecular formula is C19H18FN3O3. The molecule has 0 radical (unpaired) electrons. The number of aromatic hydroxyl groups is 1. The van der Waals surface area contributed by atoms with Crippen LogP contribution in [0, 0.1) is 11.7 Å². The van der Waals surface area contributed by atoms with Crippen molar-refractivity contribution in [2.75, 3.05) is 20.7 Å². The lowest BCUT2D eigenvalue weighted by molar-refractivity contribution is 0.139. The van der Waals surface area contributed by atoms with Crippen molar-refractivity contribution in [3.8, 4) is 11.5 Å². The van der Waals surface area contributed by atoms with Crippen molar-refractivity contribution in [3.05, 3.63) is 59.4 Å². The fourth-order valence-corrected chi connectivity index (χ4v) is 3.45. The summed E-state index contributed by atoms with van der Waals surface area (Å²) in [6, 6.07) is 10.3. The molecule has 0 aliphatic carbocycles. The van der Waals surface area contributed by atoms with Crippen LogP contribution in [0.25, 0.3) is 0 Å². The highest BCUT2D eigenvalue weighted by atomic mass is 19.1. The van der Waals surface area contributed by atoms with Gasteiger partial charge in [0, 0.05) is 19.7 Å². The number of benzene rings is 2. The van der Waals surface area contributed by atoms with Gasteiger partial charge in [0.05, 0.1) is 24.3 Å². The highest BCUT2D eigenvalue weighted by Gasteiger charge is 2.45. The molecule has 2 heterocycles. The minimum Gasteiger partial charge on any atom is -0.508 e. The summed E-state index contributed by atoms with van der Waals surface area (Å²) in [6.07, 6.45) is 0. The molecule has 0 aromatic heterocycles. The smallest absolute Gasteiger partial charge is 0.340 e. The Kier molecular flexibility index (Phi) is 3.79. The molecule has 2 aliphatic rings. The summed E-state index contributed by atoms with van der Waals surface area (Å²) in [6.45, 7) is 0.314. The van der Waals surface area contributed by atoms with Gasteiger partial charge in [0.1, 0.15) is 17.3 Å². The quantitative estimate of drug-likeness (QED) is 0.855. The molecule has 1 N–H and O–H groups in total. The van der Waals surface area contributed by atoms with Gasteiger partial charge in [-0.2, -0.15) is 5.10 Å². The van der Waals surface area contributed by atoms with Crippen LogP contribution >= 0.6 is 0 Å². The van der Waals surface area contributed by atoms with E-state index in [1.165, 1.54) is 22.0 Å². The molecule has 6 nitrogen and oxygen atoms in total. The Balaban J connectivity index is 1.84. The molecule has 0 spiro atoms. The number of phenols is 1. The van der Waals surface area contributed by atoms with Gasteiger partial charge < -0.3 is 14.7 Å². The van der Waals surface area contributed by atoms with Crippen LogP contribution in [0.15, 0.2) is 47.6 Å². The molecule has 2 atom stereocenters. The molecule has 2 aromatic rings. The summed E-state index contributed by atoms with van der Waals surface area (Å²) in [5, 5.41) is 15.8. The Bertz CT molecular complexity index is 913. The second kappa shape index (κ2) is 6.01. The summed E-state index contributed by atoms with van der Waals surface area (Å²) in [7, 11) is 3.29. The molecule has 0 saturated heterocycles. The second-order valence-electron chi connectivity index (χ2n) is 6.60. The Morgan fingerprint density at radius 3 is 2.85 bits per heavy atom. The number of amides is 2. The van der Waals surface area contributed by atoms with E-state index in [0.717, 1.165) is 5.56 Å². The van der Waals surface area contributed by atoms with Gasteiger partial charge in [-0.05, 0) is 35.9 Å². The van der Waals surface area contributed by atoms with Crippen molar-refractivity contribution in [1.29, 1.82) is 0 Å². The summed E-state index contributed by atoms with van der Waals surface area (Å²) in [4.78, 5) is 14.1. The number of halogens is 1. The molecule has 2 aliphatic heterocycles. The van der Waals surface area contributed by atoms with Crippen molar-refractivity contribution < 1.29 is 19.0 Å². The van der Waals surface area contributed by atoms with Crippen molar-refractivity contribution >= 4 is 11.7 Å². The zero-order chi connectivity index (χ0) is 18.4. The van der Waals surface area contributed by atoms with Crippen molar-refractivity contribution in [3.63, 3.8) is 0 Å². The molecular weight excluding hydrogens is 337 g/mol. The highest BCUT2D eigenvalue weighted by molar-refractivity contribution is 6.07. The number of nitrogens with zero attached hydrogens (tertiary/aromatic N) is 3.